The highest BCUT2D eigenvalue weighted by Crippen LogP contribution is 2.35. The van der Waals surface area contributed by atoms with Crippen molar-refractivity contribution in [2.75, 3.05) is 6.54 Å². The quantitative estimate of drug-likeness (QED) is 0.735. The fourth-order valence-electron chi connectivity index (χ4n) is 2.59. The van der Waals surface area contributed by atoms with Gasteiger partial charge in [0.15, 0.2) is 0 Å². The predicted octanol–water partition coefficient (Wildman–Crippen LogP) is 3.58. The molecule has 0 aromatic heterocycles. The van der Waals surface area contributed by atoms with E-state index in [1.807, 2.05) is 0 Å². The Bertz CT molecular complexity index is 157. The summed E-state index contributed by atoms with van der Waals surface area (Å²) >= 11 is 0. The topological polar surface area (TPSA) is 26.0 Å². The van der Waals surface area contributed by atoms with E-state index in [1.165, 1.54) is 38.5 Å². The third kappa shape index (κ3) is 4.00. The summed E-state index contributed by atoms with van der Waals surface area (Å²) in [6, 6.07) is 0. The summed E-state index contributed by atoms with van der Waals surface area (Å²) in [5.41, 5.74) is 6.33. The van der Waals surface area contributed by atoms with Crippen LogP contribution < -0.4 is 5.73 Å². The summed E-state index contributed by atoms with van der Waals surface area (Å²) in [5.74, 6) is 1.75. The highest BCUT2D eigenvalue weighted by molar-refractivity contribution is 4.77. The SMILES string of the molecule is CC(C)(C)CCC1CCCCC1CN. The molecule has 1 aliphatic rings. The fourth-order valence-corrected chi connectivity index (χ4v) is 2.59. The van der Waals surface area contributed by atoms with Crippen LogP contribution in [0.1, 0.15) is 59.3 Å². The van der Waals surface area contributed by atoms with E-state index >= 15 is 0 Å². The first-order chi connectivity index (χ1) is 6.53. The number of nitrogens with two attached hydrogens (primary N) is 1. The van der Waals surface area contributed by atoms with E-state index in [2.05, 4.69) is 20.8 Å². The molecule has 2 N–H and O–H groups in total. The average molecular weight is 197 g/mol. The van der Waals surface area contributed by atoms with E-state index < -0.39 is 0 Å². The van der Waals surface area contributed by atoms with Gasteiger partial charge in [-0.15, -0.1) is 0 Å². The highest BCUT2D eigenvalue weighted by Gasteiger charge is 2.25. The lowest BCUT2D eigenvalue weighted by atomic mass is 9.74. The monoisotopic (exact) mass is 197 g/mol. The second-order valence-electron chi connectivity index (χ2n) is 6.14. The first-order valence-corrected chi connectivity index (χ1v) is 6.23. The molecule has 0 spiro atoms. The third-order valence-electron chi connectivity index (χ3n) is 3.63. The van der Waals surface area contributed by atoms with Crippen LogP contribution in [0, 0.1) is 17.3 Å². The molecule has 1 aliphatic carbocycles. The first-order valence-electron chi connectivity index (χ1n) is 6.23. The van der Waals surface area contributed by atoms with Gasteiger partial charge in [-0.05, 0) is 43.1 Å². The molecule has 0 radical (unpaired) electrons. The summed E-state index contributed by atoms with van der Waals surface area (Å²) in [4.78, 5) is 0. The summed E-state index contributed by atoms with van der Waals surface area (Å²) in [6.45, 7) is 7.93. The maximum absolute atomic E-state index is 5.83. The van der Waals surface area contributed by atoms with Crippen LogP contribution in [0.2, 0.25) is 0 Å². The van der Waals surface area contributed by atoms with Gasteiger partial charge >= 0.3 is 0 Å². The second kappa shape index (κ2) is 5.16. The minimum Gasteiger partial charge on any atom is -0.330 e. The van der Waals surface area contributed by atoms with Crippen LogP contribution in [-0.4, -0.2) is 6.54 Å². The molecule has 0 amide bonds. The highest BCUT2D eigenvalue weighted by atomic mass is 14.6. The van der Waals surface area contributed by atoms with Crippen LogP contribution in [0.4, 0.5) is 0 Å². The normalized spacial score (nSPS) is 29.1. The molecule has 0 aliphatic heterocycles. The van der Waals surface area contributed by atoms with Gasteiger partial charge in [-0.3, -0.25) is 0 Å². The predicted molar refractivity (Wildman–Crippen MR) is 63.2 cm³/mol. The molecular weight excluding hydrogens is 170 g/mol. The summed E-state index contributed by atoms with van der Waals surface area (Å²) in [6.07, 6.45) is 8.40. The fraction of sp³-hybridized carbons (Fsp3) is 1.00. The lowest BCUT2D eigenvalue weighted by molar-refractivity contribution is 0.201. The summed E-state index contributed by atoms with van der Waals surface area (Å²) in [7, 11) is 0. The molecule has 84 valence electrons. The number of rotatable bonds is 3. The van der Waals surface area contributed by atoms with Crippen molar-refractivity contribution in [3.8, 4) is 0 Å². The molecule has 1 nitrogen and oxygen atoms in total. The zero-order valence-electron chi connectivity index (χ0n) is 10.2. The molecule has 0 saturated heterocycles. The van der Waals surface area contributed by atoms with Gasteiger partial charge < -0.3 is 5.73 Å². The largest absolute Gasteiger partial charge is 0.330 e. The zero-order valence-corrected chi connectivity index (χ0v) is 10.2. The Morgan fingerprint density at radius 1 is 1.07 bits per heavy atom. The molecule has 0 aromatic carbocycles. The van der Waals surface area contributed by atoms with Gasteiger partial charge in [0.1, 0.15) is 0 Å². The van der Waals surface area contributed by atoms with Crippen molar-refractivity contribution < 1.29 is 0 Å². The molecule has 2 unspecified atom stereocenters. The molecule has 0 bridgehead atoms. The Labute approximate surface area is 89.5 Å². The van der Waals surface area contributed by atoms with Crippen molar-refractivity contribution in [1.82, 2.24) is 0 Å². The van der Waals surface area contributed by atoms with Gasteiger partial charge in [0.25, 0.3) is 0 Å². The number of hydrogen-bond acceptors (Lipinski definition) is 1. The Balaban J connectivity index is 2.33. The Morgan fingerprint density at radius 3 is 2.14 bits per heavy atom. The third-order valence-corrected chi connectivity index (χ3v) is 3.63. The van der Waals surface area contributed by atoms with Crippen LogP contribution >= 0.6 is 0 Å². The maximum Gasteiger partial charge on any atom is -0.00462 e. The molecule has 1 fully saturated rings. The van der Waals surface area contributed by atoms with Crippen molar-refractivity contribution in [1.29, 1.82) is 0 Å². The van der Waals surface area contributed by atoms with Crippen LogP contribution in [0.25, 0.3) is 0 Å². The molecule has 1 saturated carbocycles. The van der Waals surface area contributed by atoms with Crippen LogP contribution in [0.15, 0.2) is 0 Å². The standard InChI is InChI=1S/C13H27N/c1-13(2,3)9-8-11-6-4-5-7-12(11)10-14/h11-12H,4-10,14H2,1-3H3. The van der Waals surface area contributed by atoms with Crippen molar-refractivity contribution in [3.63, 3.8) is 0 Å². The van der Waals surface area contributed by atoms with E-state index in [0.717, 1.165) is 18.4 Å². The molecule has 1 heteroatoms. The maximum atomic E-state index is 5.83. The molecule has 0 aromatic rings. The van der Waals surface area contributed by atoms with Gasteiger partial charge in [0.05, 0.1) is 0 Å². The molecule has 2 atom stereocenters. The smallest absolute Gasteiger partial charge is 0.00462 e. The van der Waals surface area contributed by atoms with Gasteiger partial charge in [-0.25, -0.2) is 0 Å². The van der Waals surface area contributed by atoms with Gasteiger partial charge in [0.2, 0.25) is 0 Å². The number of hydrogen-bond donors (Lipinski definition) is 1. The van der Waals surface area contributed by atoms with Gasteiger partial charge in [-0.1, -0.05) is 40.0 Å². The Hall–Kier alpha value is -0.0400. The summed E-state index contributed by atoms with van der Waals surface area (Å²) < 4.78 is 0. The summed E-state index contributed by atoms with van der Waals surface area (Å²) in [5, 5.41) is 0. The van der Waals surface area contributed by atoms with Crippen LogP contribution in [0.3, 0.4) is 0 Å². The first kappa shape index (κ1) is 12.0. The van der Waals surface area contributed by atoms with E-state index in [-0.39, 0.29) is 0 Å². The van der Waals surface area contributed by atoms with E-state index in [1.54, 1.807) is 0 Å². The molecule has 14 heavy (non-hydrogen) atoms. The van der Waals surface area contributed by atoms with E-state index in [9.17, 15) is 0 Å². The van der Waals surface area contributed by atoms with E-state index in [0.29, 0.717) is 5.41 Å². The molecule has 1 rings (SSSR count). The second-order valence-corrected chi connectivity index (χ2v) is 6.14. The average Bonchev–Trinajstić information content (AvgIpc) is 2.14. The van der Waals surface area contributed by atoms with Gasteiger partial charge in [-0.2, -0.15) is 0 Å². The van der Waals surface area contributed by atoms with Crippen molar-refractivity contribution >= 4 is 0 Å². The van der Waals surface area contributed by atoms with Crippen molar-refractivity contribution in [3.05, 3.63) is 0 Å². The van der Waals surface area contributed by atoms with E-state index in [4.69, 9.17) is 5.73 Å². The van der Waals surface area contributed by atoms with Crippen LogP contribution in [-0.2, 0) is 0 Å². The van der Waals surface area contributed by atoms with Crippen molar-refractivity contribution in [2.24, 2.45) is 23.0 Å². The lowest BCUT2D eigenvalue weighted by Gasteiger charge is -2.32. The van der Waals surface area contributed by atoms with Gasteiger partial charge in [0, 0.05) is 0 Å². The van der Waals surface area contributed by atoms with Crippen molar-refractivity contribution in [2.45, 2.75) is 59.3 Å². The molecular formula is C13H27N. The van der Waals surface area contributed by atoms with Crippen LogP contribution in [0.5, 0.6) is 0 Å². The minimum atomic E-state index is 0.497. The lowest BCUT2D eigenvalue weighted by Crippen LogP contribution is -2.27. The minimum absolute atomic E-state index is 0.497. The molecule has 0 heterocycles. The Morgan fingerprint density at radius 2 is 1.64 bits per heavy atom. The zero-order chi connectivity index (χ0) is 10.6. The Kier molecular flexibility index (Phi) is 4.43.